The molecule has 2 heterocycles. The molecule has 33 heavy (non-hydrogen) atoms. The summed E-state index contributed by atoms with van der Waals surface area (Å²) in [5.41, 5.74) is 0.560. The lowest BCUT2D eigenvalue weighted by molar-refractivity contribution is -0.122. The minimum atomic E-state index is -1.11. The van der Waals surface area contributed by atoms with E-state index in [0.29, 0.717) is 17.0 Å². The highest BCUT2D eigenvalue weighted by Crippen LogP contribution is 2.33. The third-order valence-electron chi connectivity index (χ3n) is 4.82. The number of benzene rings is 2. The van der Waals surface area contributed by atoms with Crippen molar-refractivity contribution < 1.29 is 28.6 Å². The maximum atomic E-state index is 13.2. The number of amides is 2. The summed E-state index contributed by atoms with van der Waals surface area (Å²) < 4.78 is 11.0. The minimum Gasteiger partial charge on any atom is -0.495 e. The fourth-order valence-corrected chi connectivity index (χ4v) is 3.74. The lowest BCUT2D eigenvalue weighted by atomic mass is 10.1. The highest BCUT2D eigenvalue weighted by atomic mass is 35.5. The molecule has 4 rings (SSSR count). The summed E-state index contributed by atoms with van der Waals surface area (Å²) in [6.45, 7) is 0. The van der Waals surface area contributed by atoms with Gasteiger partial charge < -0.3 is 14.3 Å². The molecule has 166 valence electrons. The zero-order valence-electron chi connectivity index (χ0n) is 17.0. The summed E-state index contributed by atoms with van der Waals surface area (Å²) in [6.07, 6.45) is 1.28. The molecule has 2 amide bonds. The van der Waals surface area contributed by atoms with Crippen LogP contribution in [0, 0.1) is 0 Å². The van der Waals surface area contributed by atoms with Crippen LogP contribution in [0.2, 0.25) is 5.02 Å². The van der Waals surface area contributed by atoms with Gasteiger partial charge in [0.05, 0.1) is 23.4 Å². The molecule has 8 nitrogen and oxygen atoms in total. The number of halogens is 1. The van der Waals surface area contributed by atoms with Crippen molar-refractivity contribution >= 4 is 58.5 Å². The maximum absolute atomic E-state index is 13.2. The van der Waals surface area contributed by atoms with Crippen molar-refractivity contribution in [3.63, 3.8) is 0 Å². The van der Waals surface area contributed by atoms with Gasteiger partial charge in [0.1, 0.15) is 22.8 Å². The second-order valence-corrected chi connectivity index (χ2v) is 7.63. The van der Waals surface area contributed by atoms with Gasteiger partial charge in [0, 0.05) is 5.56 Å². The summed E-state index contributed by atoms with van der Waals surface area (Å²) in [5.74, 6) is -1.59. The lowest BCUT2D eigenvalue weighted by Crippen LogP contribution is -2.54. The van der Waals surface area contributed by atoms with Crippen LogP contribution in [0.3, 0.4) is 0 Å². The topological polar surface area (TPSA) is 109 Å². The number of rotatable bonds is 5. The van der Waals surface area contributed by atoms with Gasteiger partial charge in [0.25, 0.3) is 11.8 Å². The average Bonchev–Trinajstić information content (AvgIpc) is 3.25. The van der Waals surface area contributed by atoms with E-state index in [1.54, 1.807) is 30.3 Å². The second-order valence-electron chi connectivity index (χ2n) is 6.83. The number of carbonyl (C=O) groups excluding carboxylic acids is 2. The van der Waals surface area contributed by atoms with Gasteiger partial charge in [-0.15, -0.1) is 0 Å². The van der Waals surface area contributed by atoms with Gasteiger partial charge in [-0.1, -0.05) is 23.7 Å². The van der Waals surface area contributed by atoms with E-state index >= 15 is 0 Å². The molecule has 0 saturated carbocycles. The summed E-state index contributed by atoms with van der Waals surface area (Å²) in [6, 6.07) is 14.1. The van der Waals surface area contributed by atoms with Crippen molar-refractivity contribution in [2.24, 2.45) is 0 Å². The fraction of sp³-hybridized carbons (Fsp3) is 0.0435. The number of hydrogen-bond acceptors (Lipinski definition) is 6. The zero-order chi connectivity index (χ0) is 23.7. The predicted octanol–water partition coefficient (Wildman–Crippen LogP) is 4.14. The molecular formula is C23H15ClN2O6S. The lowest BCUT2D eigenvalue weighted by Gasteiger charge is -2.29. The highest BCUT2D eigenvalue weighted by Gasteiger charge is 2.36. The molecule has 1 aliphatic rings. The third kappa shape index (κ3) is 4.23. The molecule has 0 aliphatic carbocycles. The van der Waals surface area contributed by atoms with E-state index in [1.807, 2.05) is 0 Å². The van der Waals surface area contributed by atoms with Crippen LogP contribution < -0.4 is 15.0 Å². The first-order valence-corrected chi connectivity index (χ1v) is 10.3. The van der Waals surface area contributed by atoms with Crippen molar-refractivity contribution in [2.75, 3.05) is 12.0 Å². The number of ether oxygens (including phenoxy) is 1. The van der Waals surface area contributed by atoms with Crippen molar-refractivity contribution in [2.45, 2.75) is 0 Å². The van der Waals surface area contributed by atoms with Gasteiger partial charge in [0.2, 0.25) is 0 Å². The van der Waals surface area contributed by atoms with E-state index in [4.69, 9.17) is 33.0 Å². The molecule has 0 radical (unpaired) electrons. The molecule has 10 heteroatoms. The Balaban J connectivity index is 1.71. The second kappa shape index (κ2) is 8.89. The number of nitrogens with zero attached hydrogens (tertiary/aromatic N) is 1. The normalized spacial score (nSPS) is 15.0. The largest absolute Gasteiger partial charge is 0.495 e. The number of nitrogens with one attached hydrogen (secondary N) is 1. The summed E-state index contributed by atoms with van der Waals surface area (Å²) in [5, 5.41) is 11.9. The summed E-state index contributed by atoms with van der Waals surface area (Å²) >= 11 is 11.4. The Morgan fingerprint density at radius 3 is 2.67 bits per heavy atom. The van der Waals surface area contributed by atoms with E-state index in [-0.39, 0.29) is 32.8 Å². The highest BCUT2D eigenvalue weighted by molar-refractivity contribution is 7.80. The molecule has 0 spiro atoms. The molecule has 0 unspecified atom stereocenters. The zero-order valence-corrected chi connectivity index (χ0v) is 18.6. The van der Waals surface area contributed by atoms with Gasteiger partial charge in [-0.3, -0.25) is 14.9 Å². The number of aromatic carboxylic acids is 1. The van der Waals surface area contributed by atoms with Gasteiger partial charge in [-0.05, 0) is 60.8 Å². The number of carboxylic acid groups (broad SMARTS) is 1. The van der Waals surface area contributed by atoms with Crippen molar-refractivity contribution in [3.05, 3.63) is 76.5 Å². The first-order chi connectivity index (χ1) is 15.8. The summed E-state index contributed by atoms with van der Waals surface area (Å²) in [7, 11) is 1.46. The van der Waals surface area contributed by atoms with Crippen LogP contribution >= 0.6 is 23.8 Å². The van der Waals surface area contributed by atoms with Crippen LogP contribution in [-0.2, 0) is 9.59 Å². The SMILES string of the molecule is COc1ccccc1N1C(=O)/C(=C/c2ccc(-c3cc(C(=O)O)ccc3Cl)o2)C(=O)NC1=S. The quantitative estimate of drug-likeness (QED) is 0.319. The first kappa shape index (κ1) is 22.3. The molecular weight excluding hydrogens is 468 g/mol. The Labute approximate surface area is 198 Å². The number of carbonyl (C=O) groups is 3. The molecule has 3 aromatic rings. The van der Waals surface area contributed by atoms with Crippen molar-refractivity contribution in [1.82, 2.24) is 5.32 Å². The summed E-state index contributed by atoms with van der Waals surface area (Å²) in [4.78, 5) is 38.2. The number of hydrogen-bond donors (Lipinski definition) is 2. The van der Waals surface area contributed by atoms with Gasteiger partial charge >= 0.3 is 5.97 Å². The minimum absolute atomic E-state index is 0.0357. The standard InChI is InChI=1S/C23H15ClN2O6S/c1-31-19-5-3-2-4-17(19)26-21(28)15(20(27)25-23(26)33)11-13-7-9-18(32-13)14-10-12(22(29)30)6-8-16(14)24/h2-11H,1H3,(H,29,30)(H,25,27,33)/b15-11+. The van der Waals surface area contributed by atoms with E-state index in [1.165, 1.54) is 42.4 Å². The van der Waals surface area contributed by atoms with E-state index < -0.39 is 17.8 Å². The number of thiocarbonyl (C=S) groups is 1. The van der Waals surface area contributed by atoms with Gasteiger partial charge in [-0.25, -0.2) is 9.69 Å². The van der Waals surface area contributed by atoms with Crippen LogP contribution in [0.25, 0.3) is 17.4 Å². The Hall–Kier alpha value is -3.95. The van der Waals surface area contributed by atoms with E-state index in [2.05, 4.69) is 5.32 Å². The number of para-hydroxylation sites is 2. The molecule has 1 saturated heterocycles. The van der Waals surface area contributed by atoms with Crippen LogP contribution in [0.5, 0.6) is 5.75 Å². The van der Waals surface area contributed by atoms with Crippen molar-refractivity contribution in [1.29, 1.82) is 0 Å². The smallest absolute Gasteiger partial charge is 0.335 e. The number of anilines is 1. The Bertz CT molecular complexity index is 1350. The maximum Gasteiger partial charge on any atom is 0.335 e. The molecule has 1 aromatic heterocycles. The Morgan fingerprint density at radius 2 is 1.94 bits per heavy atom. The van der Waals surface area contributed by atoms with Crippen molar-refractivity contribution in [3.8, 4) is 17.1 Å². The Kier molecular flexibility index (Phi) is 5.99. The van der Waals surface area contributed by atoms with Crippen LogP contribution in [0.15, 0.2) is 64.6 Å². The van der Waals surface area contributed by atoms with Crippen LogP contribution in [0.1, 0.15) is 16.1 Å². The fourth-order valence-electron chi connectivity index (χ4n) is 3.26. The molecule has 1 fully saturated rings. The third-order valence-corrected chi connectivity index (χ3v) is 5.43. The molecule has 0 bridgehead atoms. The molecule has 0 atom stereocenters. The first-order valence-electron chi connectivity index (χ1n) is 9.47. The molecule has 2 N–H and O–H groups in total. The Morgan fingerprint density at radius 1 is 1.18 bits per heavy atom. The monoisotopic (exact) mass is 482 g/mol. The molecule has 2 aromatic carbocycles. The number of carboxylic acids is 1. The van der Waals surface area contributed by atoms with E-state index in [0.717, 1.165) is 0 Å². The average molecular weight is 483 g/mol. The van der Waals surface area contributed by atoms with Gasteiger partial charge in [0.15, 0.2) is 5.11 Å². The number of methoxy groups -OCH3 is 1. The van der Waals surface area contributed by atoms with Gasteiger partial charge in [-0.2, -0.15) is 0 Å². The van der Waals surface area contributed by atoms with E-state index in [9.17, 15) is 19.5 Å². The van der Waals surface area contributed by atoms with Crippen LogP contribution in [0.4, 0.5) is 5.69 Å². The van der Waals surface area contributed by atoms with Crippen LogP contribution in [-0.4, -0.2) is 35.1 Å². The molecule has 1 aliphatic heterocycles. The number of furan rings is 1. The predicted molar refractivity (Wildman–Crippen MR) is 125 cm³/mol.